The first-order chi connectivity index (χ1) is 20.7. The molecule has 0 spiro atoms. The van der Waals surface area contributed by atoms with Gasteiger partial charge in [0.2, 0.25) is 0 Å². The molecule has 3 aliphatic rings. The predicted molar refractivity (Wildman–Crippen MR) is 163 cm³/mol. The molecule has 5 nitrogen and oxygen atoms in total. The van der Waals surface area contributed by atoms with Gasteiger partial charge in [0.25, 0.3) is 0 Å². The van der Waals surface area contributed by atoms with Gasteiger partial charge in [-0.05, 0) is 74.1 Å². The van der Waals surface area contributed by atoms with E-state index in [1.165, 1.54) is 0 Å². The summed E-state index contributed by atoms with van der Waals surface area (Å²) in [6, 6.07) is 13.9. The molecule has 3 atom stereocenters. The Hall–Kier alpha value is -3.46. The van der Waals surface area contributed by atoms with Crippen LogP contribution in [0, 0.1) is 11.8 Å². The van der Waals surface area contributed by atoms with Crippen LogP contribution in [0.4, 0.5) is 17.6 Å². The second-order valence-electron chi connectivity index (χ2n) is 11.9. The van der Waals surface area contributed by atoms with Crippen molar-refractivity contribution in [1.82, 2.24) is 4.90 Å². The first kappa shape index (κ1) is 31.0. The summed E-state index contributed by atoms with van der Waals surface area (Å²) in [5.41, 5.74) is 8.73. The second kappa shape index (κ2) is 13.5. The van der Waals surface area contributed by atoms with Crippen LogP contribution in [0.15, 0.2) is 81.9 Å². The fraction of sp³-hybridized carbons (Fsp3) is 0.471. The number of likely N-dealkylation sites (N-methyl/N-ethyl adjacent to an activating group) is 2. The number of hydrogen-bond donors (Lipinski definition) is 1. The van der Waals surface area contributed by atoms with Gasteiger partial charge < -0.3 is 20.5 Å². The molecule has 5 rings (SSSR count). The lowest BCUT2D eigenvalue weighted by Crippen LogP contribution is -3.08. The summed E-state index contributed by atoms with van der Waals surface area (Å²) in [5.74, 6) is 0.117. The molecule has 2 aromatic rings. The number of aliphatic imine (C=N–C) groups is 1. The van der Waals surface area contributed by atoms with Crippen molar-refractivity contribution in [2.75, 3.05) is 14.1 Å². The highest BCUT2D eigenvalue weighted by atomic mass is 19.4. The Balaban J connectivity index is 1.27. The molecule has 1 fully saturated rings. The number of nitrogens with one attached hydrogen (secondary N) is 1. The van der Waals surface area contributed by atoms with Crippen molar-refractivity contribution >= 4 is 11.9 Å². The molecule has 1 N–H and O–H groups in total. The molecular weight excluding hydrogens is 554 g/mol. The molecule has 0 amide bonds. The smallest absolute Gasteiger partial charge is 0.406 e. The van der Waals surface area contributed by atoms with Crippen LogP contribution < -0.4 is 5.01 Å². The lowest BCUT2D eigenvalue weighted by atomic mass is 9.90. The third-order valence-electron chi connectivity index (χ3n) is 8.76. The third kappa shape index (κ3) is 7.55. The Labute approximate surface area is 252 Å². The number of nitrogens with zero attached hydrogens (tertiary/aromatic N) is 4. The van der Waals surface area contributed by atoms with Crippen molar-refractivity contribution in [3.05, 3.63) is 99.6 Å². The van der Waals surface area contributed by atoms with Gasteiger partial charge in [-0.25, -0.2) is 4.39 Å². The highest BCUT2D eigenvalue weighted by molar-refractivity contribution is 6.04. The van der Waals surface area contributed by atoms with Crippen LogP contribution in [0.5, 0.6) is 0 Å². The normalized spacial score (nSPS) is 21.6. The number of hydrogen-bond acceptors (Lipinski definition) is 3. The molecule has 2 aromatic carbocycles. The van der Waals surface area contributed by atoms with Gasteiger partial charge in [-0.15, -0.1) is 0 Å². The quantitative estimate of drug-likeness (QED) is 0.270. The van der Waals surface area contributed by atoms with E-state index in [4.69, 9.17) is 0 Å². The fourth-order valence-corrected chi connectivity index (χ4v) is 6.16. The standard InChI is InChI=1S/C34H41F4N5/c1-4-29-32(40-41-43(29)3)26-15-11-24(12-16-26)22-42(2)30-10-5-6-21-39-33(31(30)35)28(25-17-18-25)9-7-8-23-13-19-27(20-14-23)34(36,37)38/h10-16,19-21,25,28-29,43H,4-9,17-18,22H2,1-3H3. The molecule has 230 valence electrons. The van der Waals surface area contributed by atoms with Gasteiger partial charge in [0, 0.05) is 37.7 Å². The van der Waals surface area contributed by atoms with Crippen LogP contribution >= 0.6 is 0 Å². The molecule has 43 heavy (non-hydrogen) atoms. The van der Waals surface area contributed by atoms with E-state index in [9.17, 15) is 13.2 Å². The Kier molecular flexibility index (Phi) is 9.69. The summed E-state index contributed by atoms with van der Waals surface area (Å²) in [4.78, 5) is 6.63. The topological polar surface area (TPSA) is 46.5 Å². The van der Waals surface area contributed by atoms with E-state index < -0.39 is 11.7 Å². The highest BCUT2D eigenvalue weighted by Crippen LogP contribution is 2.45. The summed E-state index contributed by atoms with van der Waals surface area (Å²) in [5, 5.41) is 5.45. The van der Waals surface area contributed by atoms with Gasteiger partial charge in [0.05, 0.1) is 29.7 Å². The molecule has 2 heterocycles. The van der Waals surface area contributed by atoms with Gasteiger partial charge in [-0.2, -0.15) is 13.2 Å². The molecular formula is C34H41F4N5. The van der Waals surface area contributed by atoms with Gasteiger partial charge >= 0.3 is 6.18 Å². The molecule has 9 heteroatoms. The number of quaternary nitrogens is 1. The van der Waals surface area contributed by atoms with E-state index in [1.54, 1.807) is 12.1 Å². The lowest BCUT2D eigenvalue weighted by molar-refractivity contribution is -0.852. The predicted octanol–water partition coefficient (Wildman–Crippen LogP) is 7.42. The minimum absolute atomic E-state index is 0.00995. The van der Waals surface area contributed by atoms with Crippen LogP contribution in [0.3, 0.4) is 0 Å². The first-order valence-corrected chi connectivity index (χ1v) is 15.4. The van der Waals surface area contributed by atoms with Crippen molar-refractivity contribution in [2.24, 2.45) is 21.9 Å². The van der Waals surface area contributed by atoms with E-state index in [-0.39, 0.29) is 17.8 Å². The SMILES string of the molecule is CCC1C(c2ccc(CN(C)C3=CCCC=NC(C(CCCc4ccc(C(F)(F)F)cc4)C4CC4)=C3F)cc2)=N[N-][NH+]1C. The van der Waals surface area contributed by atoms with E-state index in [0.717, 1.165) is 78.1 Å². The minimum atomic E-state index is -4.34. The van der Waals surface area contributed by atoms with Crippen molar-refractivity contribution in [1.29, 1.82) is 0 Å². The Morgan fingerprint density at radius 1 is 1.02 bits per heavy atom. The van der Waals surface area contributed by atoms with E-state index in [1.807, 2.05) is 31.3 Å². The Morgan fingerprint density at radius 2 is 1.72 bits per heavy atom. The second-order valence-corrected chi connectivity index (χ2v) is 11.9. The van der Waals surface area contributed by atoms with E-state index >= 15 is 4.39 Å². The van der Waals surface area contributed by atoms with Crippen molar-refractivity contribution in [2.45, 2.75) is 77.1 Å². The highest BCUT2D eigenvalue weighted by Gasteiger charge is 2.36. The van der Waals surface area contributed by atoms with Crippen LogP contribution in [0.1, 0.15) is 74.1 Å². The molecule has 0 saturated heterocycles. The van der Waals surface area contributed by atoms with Crippen molar-refractivity contribution in [3.8, 4) is 0 Å². The van der Waals surface area contributed by atoms with Crippen molar-refractivity contribution in [3.63, 3.8) is 0 Å². The molecule has 1 saturated carbocycles. The van der Waals surface area contributed by atoms with Crippen LogP contribution in [-0.2, 0) is 19.1 Å². The summed E-state index contributed by atoms with van der Waals surface area (Å²) in [7, 11) is 3.94. The van der Waals surface area contributed by atoms with Crippen molar-refractivity contribution < 1.29 is 22.6 Å². The zero-order chi connectivity index (χ0) is 30.6. The number of allylic oxidation sites excluding steroid dienone is 3. The Bertz CT molecular complexity index is 1370. The molecule has 3 unspecified atom stereocenters. The number of alkyl halides is 3. The van der Waals surface area contributed by atoms with Crippen LogP contribution in [0.2, 0.25) is 0 Å². The average molecular weight is 596 g/mol. The molecule has 0 bridgehead atoms. The third-order valence-corrected chi connectivity index (χ3v) is 8.76. The summed E-state index contributed by atoms with van der Waals surface area (Å²) >= 11 is 0. The lowest BCUT2D eigenvalue weighted by Gasteiger charge is -2.26. The van der Waals surface area contributed by atoms with E-state index in [2.05, 4.69) is 46.8 Å². The minimum Gasteiger partial charge on any atom is -0.406 e. The van der Waals surface area contributed by atoms with E-state index in [0.29, 0.717) is 36.7 Å². The van der Waals surface area contributed by atoms with Gasteiger partial charge in [0.15, 0.2) is 5.83 Å². The van der Waals surface area contributed by atoms with Gasteiger partial charge in [0.1, 0.15) is 6.04 Å². The number of halogens is 4. The maximum Gasteiger partial charge on any atom is 0.416 e. The summed E-state index contributed by atoms with van der Waals surface area (Å²) in [6.45, 7) is 2.70. The monoisotopic (exact) mass is 595 g/mol. The number of aryl methyl sites for hydroxylation is 1. The first-order valence-electron chi connectivity index (χ1n) is 15.4. The Morgan fingerprint density at radius 3 is 2.37 bits per heavy atom. The molecule has 1 aliphatic carbocycles. The number of benzene rings is 2. The average Bonchev–Trinajstić information content (AvgIpc) is 3.75. The zero-order valence-corrected chi connectivity index (χ0v) is 25.2. The fourth-order valence-electron chi connectivity index (χ4n) is 6.16. The number of rotatable bonds is 11. The summed E-state index contributed by atoms with van der Waals surface area (Å²) in [6.07, 6.45) is 6.12. The maximum absolute atomic E-state index is 16.4. The maximum atomic E-state index is 16.4. The molecule has 0 aromatic heterocycles. The van der Waals surface area contributed by atoms with Gasteiger partial charge in [-0.1, -0.05) is 49.4 Å². The van der Waals surface area contributed by atoms with Gasteiger partial charge in [-0.3, -0.25) is 4.99 Å². The van der Waals surface area contributed by atoms with Crippen LogP contribution in [-0.4, -0.2) is 37.0 Å². The largest absolute Gasteiger partial charge is 0.416 e. The molecule has 2 aliphatic heterocycles. The zero-order valence-electron chi connectivity index (χ0n) is 25.2. The molecule has 0 radical (unpaired) electrons. The summed E-state index contributed by atoms with van der Waals surface area (Å²) < 4.78 is 55.1. The van der Waals surface area contributed by atoms with Crippen LogP contribution in [0.25, 0.3) is 5.53 Å².